The van der Waals surface area contributed by atoms with Gasteiger partial charge < -0.3 is 4.57 Å². The van der Waals surface area contributed by atoms with Crippen LogP contribution in [-0.4, -0.2) is 34.0 Å². The summed E-state index contributed by atoms with van der Waals surface area (Å²) in [5.74, 6) is 0.705. The summed E-state index contributed by atoms with van der Waals surface area (Å²) in [5, 5.41) is 1.49. The van der Waals surface area contributed by atoms with Gasteiger partial charge in [0.15, 0.2) is 16.3 Å². The highest BCUT2D eigenvalue weighted by atomic mass is 35.5. The van der Waals surface area contributed by atoms with Gasteiger partial charge in [0, 0.05) is 49.5 Å². The van der Waals surface area contributed by atoms with Gasteiger partial charge in [-0.25, -0.2) is 14.8 Å². The predicted molar refractivity (Wildman–Crippen MR) is 114 cm³/mol. The Kier molecular flexibility index (Phi) is 5.33. The van der Waals surface area contributed by atoms with Gasteiger partial charge >= 0.3 is 5.69 Å². The van der Waals surface area contributed by atoms with Gasteiger partial charge in [-0.05, 0) is 24.6 Å². The third kappa shape index (κ3) is 3.63. The van der Waals surface area contributed by atoms with E-state index < -0.39 is 0 Å². The van der Waals surface area contributed by atoms with Crippen molar-refractivity contribution in [3.8, 4) is 5.69 Å². The minimum atomic E-state index is -0.355. The molecule has 4 rings (SSSR count). The fraction of sp³-hybridized carbons (Fsp3) is 0.263. The zero-order valence-corrected chi connectivity index (χ0v) is 17.5. The maximum absolute atomic E-state index is 12.7. The lowest BCUT2D eigenvalue weighted by Gasteiger charge is -2.09. The first kappa shape index (κ1) is 19.5. The minimum absolute atomic E-state index is 0.312. The lowest BCUT2D eigenvalue weighted by Crippen LogP contribution is -2.39. The topological polar surface area (TPSA) is 79.6 Å². The number of hydrogen-bond acceptors (Lipinski definition) is 5. The van der Waals surface area contributed by atoms with Crippen molar-refractivity contribution in [2.24, 2.45) is 14.1 Å². The molecule has 0 aliphatic rings. The van der Waals surface area contributed by atoms with Crippen molar-refractivity contribution in [2.75, 3.05) is 5.75 Å². The monoisotopic (exact) mass is 430 g/mol. The van der Waals surface area contributed by atoms with Crippen LogP contribution < -0.4 is 11.2 Å². The van der Waals surface area contributed by atoms with Gasteiger partial charge in [0.05, 0.1) is 6.33 Å². The molecular formula is C19H19ClN6O2S. The summed E-state index contributed by atoms with van der Waals surface area (Å²) in [5.41, 5.74) is 1.09. The second-order valence-electron chi connectivity index (χ2n) is 6.59. The van der Waals surface area contributed by atoms with Crippen LogP contribution in [0.5, 0.6) is 0 Å². The number of rotatable bonds is 6. The number of benzene rings is 1. The molecule has 3 aromatic heterocycles. The minimum Gasteiger partial charge on any atom is -0.328 e. The van der Waals surface area contributed by atoms with Crippen LogP contribution in [0.3, 0.4) is 0 Å². The van der Waals surface area contributed by atoms with E-state index in [2.05, 4.69) is 9.97 Å². The second-order valence-corrected chi connectivity index (χ2v) is 8.09. The average molecular weight is 431 g/mol. The Labute approximate surface area is 175 Å². The van der Waals surface area contributed by atoms with Gasteiger partial charge in [-0.1, -0.05) is 29.4 Å². The summed E-state index contributed by atoms with van der Waals surface area (Å²) < 4.78 is 6.29. The molecule has 0 spiro atoms. The molecule has 1 aromatic carbocycles. The lowest BCUT2D eigenvalue weighted by atomic mass is 10.3. The summed E-state index contributed by atoms with van der Waals surface area (Å²) in [6.07, 6.45) is 5.80. The molecule has 0 radical (unpaired) electrons. The van der Waals surface area contributed by atoms with Crippen molar-refractivity contribution in [2.45, 2.75) is 18.1 Å². The molecule has 150 valence electrons. The number of aromatic nitrogens is 6. The number of thioether (sulfide) groups is 1. The predicted octanol–water partition coefficient (Wildman–Crippen LogP) is 2.46. The summed E-state index contributed by atoms with van der Waals surface area (Å²) in [6, 6.07) is 7.55. The standard InChI is InChI=1S/C19H19ClN6O2S/c1-23-12-22-16-15(23)17(27)26(19(28)24(16)2)8-4-10-29-18-21-7-9-25(18)14-6-3-5-13(20)11-14/h3,5-7,9,11-12H,4,8,10H2,1-2H3. The highest BCUT2D eigenvalue weighted by Gasteiger charge is 2.14. The summed E-state index contributed by atoms with van der Waals surface area (Å²) >= 11 is 7.65. The molecule has 0 amide bonds. The van der Waals surface area contributed by atoms with Gasteiger partial charge in [0.2, 0.25) is 0 Å². The van der Waals surface area contributed by atoms with Gasteiger partial charge in [0.25, 0.3) is 5.56 Å². The zero-order chi connectivity index (χ0) is 20.5. The highest BCUT2D eigenvalue weighted by molar-refractivity contribution is 7.99. The van der Waals surface area contributed by atoms with E-state index in [1.165, 1.54) is 9.13 Å². The van der Waals surface area contributed by atoms with Crippen LogP contribution >= 0.6 is 23.4 Å². The van der Waals surface area contributed by atoms with Crippen LogP contribution in [0.1, 0.15) is 6.42 Å². The van der Waals surface area contributed by atoms with Crippen LogP contribution in [0.15, 0.2) is 57.7 Å². The molecule has 0 unspecified atom stereocenters. The number of imidazole rings is 2. The highest BCUT2D eigenvalue weighted by Crippen LogP contribution is 2.23. The number of halogens is 1. The first-order valence-electron chi connectivity index (χ1n) is 9.00. The molecule has 0 fully saturated rings. The largest absolute Gasteiger partial charge is 0.332 e. The van der Waals surface area contributed by atoms with Crippen molar-refractivity contribution >= 4 is 34.5 Å². The van der Waals surface area contributed by atoms with Gasteiger partial charge in [0.1, 0.15) is 0 Å². The van der Waals surface area contributed by atoms with Crippen LogP contribution in [0, 0.1) is 0 Å². The third-order valence-corrected chi connectivity index (χ3v) is 5.94. The molecule has 29 heavy (non-hydrogen) atoms. The molecule has 0 aliphatic carbocycles. The van der Waals surface area contributed by atoms with Gasteiger partial charge in [-0.3, -0.25) is 18.5 Å². The first-order chi connectivity index (χ1) is 14.0. The van der Waals surface area contributed by atoms with E-state index in [-0.39, 0.29) is 11.2 Å². The zero-order valence-electron chi connectivity index (χ0n) is 15.9. The van der Waals surface area contributed by atoms with Crippen molar-refractivity contribution in [3.63, 3.8) is 0 Å². The molecular weight excluding hydrogens is 412 g/mol. The molecule has 0 saturated carbocycles. The molecule has 0 bridgehead atoms. The Morgan fingerprint density at radius 2 is 2.00 bits per heavy atom. The number of hydrogen-bond donors (Lipinski definition) is 0. The fourth-order valence-corrected chi connectivity index (χ4v) is 4.28. The smallest absolute Gasteiger partial charge is 0.328 e. The van der Waals surface area contributed by atoms with Crippen LogP contribution in [0.25, 0.3) is 16.9 Å². The van der Waals surface area contributed by atoms with E-state index >= 15 is 0 Å². The van der Waals surface area contributed by atoms with Gasteiger partial charge in [-0.15, -0.1) is 0 Å². The Bertz CT molecular complexity index is 1300. The van der Waals surface area contributed by atoms with Gasteiger partial charge in [-0.2, -0.15) is 0 Å². The first-order valence-corrected chi connectivity index (χ1v) is 10.4. The molecule has 0 saturated heterocycles. The maximum Gasteiger partial charge on any atom is 0.332 e. The molecule has 8 nitrogen and oxygen atoms in total. The lowest BCUT2D eigenvalue weighted by molar-refractivity contribution is 0.594. The molecule has 4 aromatic rings. The van der Waals surface area contributed by atoms with E-state index in [1.807, 2.05) is 35.0 Å². The van der Waals surface area contributed by atoms with E-state index in [1.54, 1.807) is 42.9 Å². The number of fused-ring (bicyclic) bond motifs is 1. The SMILES string of the molecule is Cn1cnc2c1c(=O)n(CCCSc1nccn1-c1cccc(Cl)c1)c(=O)n2C. The fourth-order valence-electron chi connectivity index (χ4n) is 3.20. The molecule has 0 N–H and O–H groups in total. The Morgan fingerprint density at radius 3 is 2.79 bits per heavy atom. The normalized spacial score (nSPS) is 11.4. The Hall–Kier alpha value is -2.78. The Morgan fingerprint density at radius 1 is 1.17 bits per heavy atom. The van der Waals surface area contributed by atoms with Crippen molar-refractivity contribution in [1.29, 1.82) is 0 Å². The van der Waals surface area contributed by atoms with Crippen LogP contribution in [0.4, 0.5) is 0 Å². The maximum atomic E-state index is 12.7. The van der Waals surface area contributed by atoms with Crippen molar-refractivity contribution in [1.82, 2.24) is 28.2 Å². The number of aryl methyl sites for hydroxylation is 2. The van der Waals surface area contributed by atoms with E-state index in [0.717, 1.165) is 10.8 Å². The summed E-state index contributed by atoms with van der Waals surface area (Å²) in [7, 11) is 3.38. The van der Waals surface area contributed by atoms with Crippen molar-refractivity contribution < 1.29 is 0 Å². The van der Waals surface area contributed by atoms with E-state index in [4.69, 9.17) is 11.6 Å². The van der Waals surface area contributed by atoms with E-state index in [9.17, 15) is 9.59 Å². The van der Waals surface area contributed by atoms with Crippen molar-refractivity contribution in [3.05, 3.63) is 68.8 Å². The molecule has 0 aliphatic heterocycles. The molecule has 0 atom stereocenters. The molecule has 10 heteroatoms. The van der Waals surface area contributed by atoms with Crippen LogP contribution in [0.2, 0.25) is 5.02 Å². The molecule has 3 heterocycles. The Balaban J connectivity index is 1.49. The van der Waals surface area contributed by atoms with E-state index in [0.29, 0.717) is 34.9 Å². The number of nitrogens with zero attached hydrogens (tertiary/aromatic N) is 6. The average Bonchev–Trinajstić information content (AvgIpc) is 3.32. The third-order valence-electron chi connectivity index (χ3n) is 4.65. The second kappa shape index (κ2) is 7.92. The summed E-state index contributed by atoms with van der Waals surface area (Å²) in [6.45, 7) is 0.331. The quantitative estimate of drug-likeness (QED) is 0.347. The van der Waals surface area contributed by atoms with Crippen LogP contribution in [-0.2, 0) is 20.6 Å². The summed E-state index contributed by atoms with van der Waals surface area (Å²) in [4.78, 5) is 33.8.